The minimum Gasteiger partial charge on any atom is -0.376 e. The van der Waals surface area contributed by atoms with Gasteiger partial charge in [-0.15, -0.1) is 0 Å². The van der Waals surface area contributed by atoms with Crippen LogP contribution in [0.1, 0.15) is 39.0 Å². The fourth-order valence-electron chi connectivity index (χ4n) is 2.79. The molecule has 2 atom stereocenters. The molecular formula is C14H26N2O3. The third-order valence-corrected chi connectivity index (χ3v) is 4.12. The molecule has 0 aromatic carbocycles. The van der Waals surface area contributed by atoms with Crippen LogP contribution < -0.4 is 11.1 Å². The van der Waals surface area contributed by atoms with E-state index in [4.69, 9.17) is 15.2 Å². The van der Waals surface area contributed by atoms with Crippen molar-refractivity contribution < 1.29 is 14.3 Å². The van der Waals surface area contributed by atoms with Gasteiger partial charge in [0.25, 0.3) is 0 Å². The average Bonchev–Trinajstić information content (AvgIpc) is 2.83. The van der Waals surface area contributed by atoms with Gasteiger partial charge in [-0.1, -0.05) is 6.92 Å². The normalized spacial score (nSPS) is 35.3. The molecule has 0 spiro atoms. The Kier molecular flexibility index (Phi) is 5.60. The second-order valence-electron chi connectivity index (χ2n) is 5.76. The summed E-state index contributed by atoms with van der Waals surface area (Å²) in [6, 6.07) is 0.348. The van der Waals surface area contributed by atoms with Crippen LogP contribution in [-0.2, 0) is 14.3 Å². The van der Waals surface area contributed by atoms with Crippen LogP contribution in [0.5, 0.6) is 0 Å². The van der Waals surface area contributed by atoms with E-state index in [-0.39, 0.29) is 12.0 Å². The van der Waals surface area contributed by atoms with E-state index in [0.717, 1.165) is 32.1 Å². The number of nitrogens with one attached hydrogen (secondary N) is 1. The van der Waals surface area contributed by atoms with Crippen LogP contribution in [0.15, 0.2) is 0 Å². The molecule has 1 heterocycles. The molecule has 0 aromatic heterocycles. The van der Waals surface area contributed by atoms with E-state index >= 15 is 0 Å². The molecule has 2 aliphatic rings. The van der Waals surface area contributed by atoms with Gasteiger partial charge in [-0.2, -0.15) is 0 Å². The van der Waals surface area contributed by atoms with Gasteiger partial charge in [0.2, 0.25) is 5.91 Å². The quantitative estimate of drug-likeness (QED) is 0.725. The first-order chi connectivity index (χ1) is 9.16. The lowest BCUT2D eigenvalue weighted by Gasteiger charge is -2.26. The highest BCUT2D eigenvalue weighted by molar-refractivity contribution is 5.81. The maximum Gasteiger partial charge on any atom is 0.249 e. The van der Waals surface area contributed by atoms with Crippen molar-refractivity contribution in [3.8, 4) is 0 Å². The molecule has 2 rings (SSSR count). The predicted molar refractivity (Wildman–Crippen MR) is 72.7 cm³/mol. The molecule has 2 fully saturated rings. The van der Waals surface area contributed by atoms with E-state index in [1.165, 1.54) is 0 Å². The largest absolute Gasteiger partial charge is 0.376 e. The number of ether oxygens (including phenoxy) is 2. The molecule has 1 aliphatic heterocycles. The summed E-state index contributed by atoms with van der Waals surface area (Å²) in [5, 5.41) is 2.89. The van der Waals surface area contributed by atoms with E-state index in [0.29, 0.717) is 37.8 Å². The summed E-state index contributed by atoms with van der Waals surface area (Å²) in [5.74, 6) is 0.319. The van der Waals surface area contributed by atoms with Crippen molar-refractivity contribution in [3.63, 3.8) is 0 Å². The number of rotatable bonds is 5. The average molecular weight is 270 g/mol. The molecule has 5 heteroatoms. The Hall–Kier alpha value is -0.650. The Labute approximate surface area is 115 Å². The highest BCUT2D eigenvalue weighted by atomic mass is 16.5. The Balaban J connectivity index is 1.55. The highest BCUT2D eigenvalue weighted by Gasteiger charge is 2.30. The van der Waals surface area contributed by atoms with E-state index in [1.807, 2.05) is 0 Å². The van der Waals surface area contributed by atoms with Crippen LogP contribution in [0, 0.1) is 5.92 Å². The monoisotopic (exact) mass is 270 g/mol. The molecule has 1 amide bonds. The maximum absolute atomic E-state index is 11.8. The zero-order chi connectivity index (χ0) is 13.7. The number of amides is 1. The molecule has 3 N–H and O–H groups in total. The van der Waals surface area contributed by atoms with Crippen molar-refractivity contribution >= 4 is 5.91 Å². The summed E-state index contributed by atoms with van der Waals surface area (Å²) < 4.78 is 11.2. The molecule has 19 heavy (non-hydrogen) atoms. The second kappa shape index (κ2) is 7.22. The first-order valence-electron chi connectivity index (χ1n) is 7.43. The van der Waals surface area contributed by atoms with Crippen molar-refractivity contribution in [2.75, 3.05) is 19.8 Å². The molecule has 0 aromatic rings. The van der Waals surface area contributed by atoms with Crippen molar-refractivity contribution in [3.05, 3.63) is 0 Å². The Morgan fingerprint density at radius 3 is 2.68 bits per heavy atom. The number of carbonyl (C=O) groups is 1. The van der Waals surface area contributed by atoms with Gasteiger partial charge in [0.05, 0.1) is 12.7 Å². The van der Waals surface area contributed by atoms with Gasteiger partial charge in [0, 0.05) is 19.2 Å². The van der Waals surface area contributed by atoms with Gasteiger partial charge >= 0.3 is 0 Å². The first-order valence-corrected chi connectivity index (χ1v) is 7.43. The van der Waals surface area contributed by atoms with Gasteiger partial charge in [0.15, 0.2) is 0 Å². The molecule has 5 nitrogen and oxygen atoms in total. The lowest BCUT2D eigenvalue weighted by Crippen LogP contribution is -2.39. The molecule has 110 valence electrons. The standard InChI is InChI=1S/C14H26N2O3/c1-10-6-8-19-13(10)14(17)16-7-9-18-12-4-2-11(15)3-5-12/h10-13H,2-9,15H2,1H3,(H,16,17). The third kappa shape index (κ3) is 4.44. The summed E-state index contributed by atoms with van der Waals surface area (Å²) in [7, 11) is 0. The van der Waals surface area contributed by atoms with Gasteiger partial charge in [-0.05, 0) is 38.0 Å². The smallest absolute Gasteiger partial charge is 0.249 e. The topological polar surface area (TPSA) is 73.6 Å². The number of hydrogen-bond donors (Lipinski definition) is 2. The van der Waals surface area contributed by atoms with Crippen LogP contribution >= 0.6 is 0 Å². The van der Waals surface area contributed by atoms with Crippen molar-refractivity contribution in [2.24, 2.45) is 11.7 Å². The van der Waals surface area contributed by atoms with Crippen LogP contribution in [0.25, 0.3) is 0 Å². The maximum atomic E-state index is 11.8. The number of nitrogens with two attached hydrogens (primary N) is 1. The predicted octanol–water partition coefficient (Wildman–Crippen LogP) is 0.814. The third-order valence-electron chi connectivity index (χ3n) is 4.12. The first kappa shape index (κ1) is 14.8. The van der Waals surface area contributed by atoms with Crippen molar-refractivity contribution in [1.29, 1.82) is 0 Å². The lowest BCUT2D eigenvalue weighted by molar-refractivity contribution is -0.131. The molecule has 1 aliphatic carbocycles. The number of carbonyl (C=O) groups excluding carboxylic acids is 1. The lowest BCUT2D eigenvalue weighted by atomic mass is 9.94. The van der Waals surface area contributed by atoms with Crippen LogP contribution in [-0.4, -0.2) is 43.9 Å². The van der Waals surface area contributed by atoms with E-state index < -0.39 is 0 Å². The minimum absolute atomic E-state index is 0.000679. The van der Waals surface area contributed by atoms with Gasteiger partial charge in [-0.25, -0.2) is 0 Å². The summed E-state index contributed by atoms with van der Waals surface area (Å²) in [5.41, 5.74) is 5.85. The summed E-state index contributed by atoms with van der Waals surface area (Å²) in [6.07, 6.45) is 5.19. The van der Waals surface area contributed by atoms with Crippen molar-refractivity contribution in [1.82, 2.24) is 5.32 Å². The number of hydrogen-bond acceptors (Lipinski definition) is 4. The Morgan fingerprint density at radius 2 is 2.05 bits per heavy atom. The Bertz CT molecular complexity index is 290. The van der Waals surface area contributed by atoms with Crippen LogP contribution in [0.3, 0.4) is 0 Å². The Morgan fingerprint density at radius 1 is 1.32 bits per heavy atom. The zero-order valence-electron chi connectivity index (χ0n) is 11.8. The van der Waals surface area contributed by atoms with E-state index in [2.05, 4.69) is 12.2 Å². The molecule has 1 saturated heterocycles. The zero-order valence-corrected chi connectivity index (χ0v) is 11.8. The molecule has 0 bridgehead atoms. The van der Waals surface area contributed by atoms with Crippen molar-refractivity contribution in [2.45, 2.75) is 57.3 Å². The van der Waals surface area contributed by atoms with Gasteiger partial charge < -0.3 is 20.5 Å². The van der Waals surface area contributed by atoms with E-state index in [1.54, 1.807) is 0 Å². The van der Waals surface area contributed by atoms with E-state index in [9.17, 15) is 4.79 Å². The summed E-state index contributed by atoms with van der Waals surface area (Å²) in [4.78, 5) is 11.8. The second-order valence-corrected chi connectivity index (χ2v) is 5.76. The van der Waals surface area contributed by atoms with Crippen LogP contribution in [0.2, 0.25) is 0 Å². The molecular weight excluding hydrogens is 244 g/mol. The molecule has 1 saturated carbocycles. The SMILES string of the molecule is CC1CCOC1C(=O)NCCOC1CCC(N)CC1. The molecule has 0 radical (unpaired) electrons. The minimum atomic E-state index is -0.271. The molecule has 2 unspecified atom stereocenters. The fraction of sp³-hybridized carbons (Fsp3) is 0.929. The highest BCUT2D eigenvalue weighted by Crippen LogP contribution is 2.20. The van der Waals surface area contributed by atoms with Gasteiger partial charge in [0.1, 0.15) is 6.10 Å². The fourth-order valence-corrected chi connectivity index (χ4v) is 2.79. The summed E-state index contributed by atoms with van der Waals surface area (Å²) >= 11 is 0. The van der Waals surface area contributed by atoms with Gasteiger partial charge in [-0.3, -0.25) is 4.79 Å². The summed E-state index contributed by atoms with van der Waals surface area (Å²) in [6.45, 7) is 3.89. The van der Waals surface area contributed by atoms with Crippen LogP contribution in [0.4, 0.5) is 0 Å².